The minimum Gasteiger partial charge on any atom is -1.00 e. The van der Waals surface area contributed by atoms with Gasteiger partial charge in [-0.3, -0.25) is 0 Å². The molecule has 0 unspecified atom stereocenters. The number of carboxylic acids is 1. The number of aromatic nitrogens is 3. The predicted octanol–water partition coefficient (Wildman–Crippen LogP) is -3.56. The Balaban J connectivity index is 0. The number of hydrogen-bond donors (Lipinski definition) is 1. The SMILES string of the molecule is O=C([O-])c1cccc2n[nH]nc12.[Ag+].[H-].[K+]. The first kappa shape index (κ1) is 14.5. The van der Waals surface area contributed by atoms with Gasteiger partial charge in [-0.05, 0) is 6.07 Å². The number of nitrogens with zero attached hydrogens (tertiary/aromatic N) is 2. The average molecular weight is 310 g/mol. The maximum atomic E-state index is 10.5. The van der Waals surface area contributed by atoms with Gasteiger partial charge in [-0.1, -0.05) is 12.1 Å². The van der Waals surface area contributed by atoms with Crippen LogP contribution in [0.4, 0.5) is 0 Å². The second kappa shape index (κ2) is 6.14. The van der Waals surface area contributed by atoms with Crippen LogP contribution in [0, 0.1) is 0 Å². The van der Waals surface area contributed by atoms with Gasteiger partial charge in [0.15, 0.2) is 0 Å². The van der Waals surface area contributed by atoms with E-state index in [2.05, 4.69) is 15.4 Å². The van der Waals surface area contributed by atoms with Gasteiger partial charge < -0.3 is 11.3 Å². The third kappa shape index (κ3) is 2.74. The van der Waals surface area contributed by atoms with Crippen LogP contribution in [0.1, 0.15) is 11.8 Å². The number of carboxylic acid groups (broad SMARTS) is 1. The number of para-hydroxylation sites is 1. The number of nitrogens with one attached hydrogen (secondary N) is 1. The summed E-state index contributed by atoms with van der Waals surface area (Å²) in [6, 6.07) is 4.70. The summed E-state index contributed by atoms with van der Waals surface area (Å²) in [6.45, 7) is 0. The van der Waals surface area contributed by atoms with Gasteiger partial charge in [-0.2, -0.15) is 15.4 Å². The van der Waals surface area contributed by atoms with Crippen molar-refractivity contribution < 1.29 is 85.1 Å². The fourth-order valence-electron chi connectivity index (χ4n) is 1.03. The molecule has 1 aromatic heterocycles. The Morgan fingerprint density at radius 1 is 1.43 bits per heavy atom. The number of carbonyl (C=O) groups is 1. The van der Waals surface area contributed by atoms with Crippen molar-refractivity contribution in [2.75, 3.05) is 0 Å². The number of aromatic carboxylic acids is 1. The molecule has 0 amide bonds. The van der Waals surface area contributed by atoms with Gasteiger partial charge >= 0.3 is 73.8 Å². The monoisotopic (exact) mass is 309 g/mol. The van der Waals surface area contributed by atoms with Gasteiger partial charge in [0.05, 0.1) is 5.97 Å². The van der Waals surface area contributed by atoms with Gasteiger partial charge in [0.25, 0.3) is 0 Å². The van der Waals surface area contributed by atoms with E-state index >= 15 is 0 Å². The van der Waals surface area contributed by atoms with E-state index in [1.807, 2.05) is 0 Å². The number of carbonyl (C=O) groups excluding carboxylic acids is 1. The molecule has 72 valence electrons. The van der Waals surface area contributed by atoms with Crippen molar-refractivity contribution in [1.82, 2.24) is 15.4 Å². The molecule has 0 spiro atoms. The zero-order valence-corrected chi connectivity index (χ0v) is 11.8. The molecule has 5 nitrogen and oxygen atoms in total. The zero-order chi connectivity index (χ0) is 8.55. The molecule has 0 aliphatic heterocycles. The predicted molar refractivity (Wildman–Crippen MR) is 39.3 cm³/mol. The summed E-state index contributed by atoms with van der Waals surface area (Å²) in [4.78, 5) is 10.5. The van der Waals surface area contributed by atoms with Crippen molar-refractivity contribution >= 4 is 17.0 Å². The molecule has 0 aliphatic rings. The molecule has 1 aromatic carbocycles. The summed E-state index contributed by atoms with van der Waals surface area (Å²) in [5, 5.41) is 20.3. The van der Waals surface area contributed by atoms with E-state index in [-0.39, 0.29) is 80.8 Å². The molecule has 1 heterocycles. The Hall–Kier alpha value is 0.467. The molecule has 7 heteroatoms. The molecule has 0 radical (unpaired) electrons. The van der Waals surface area contributed by atoms with Crippen LogP contribution >= 0.6 is 0 Å². The summed E-state index contributed by atoms with van der Waals surface area (Å²) in [7, 11) is 0. The van der Waals surface area contributed by atoms with Crippen LogP contribution in [-0.4, -0.2) is 21.4 Å². The van der Waals surface area contributed by atoms with Gasteiger partial charge in [0, 0.05) is 5.56 Å². The van der Waals surface area contributed by atoms with Crippen molar-refractivity contribution in [2.24, 2.45) is 0 Å². The number of fused-ring (bicyclic) bond motifs is 1. The largest absolute Gasteiger partial charge is 1.00 e. The standard InChI is InChI=1S/C7H5N3O2.Ag.K.H/c11-7(12)4-2-1-3-5-6(4)9-10-8-5;;;/h1-3H,(H,11,12)(H,8,9,10);;;/q;2*+1;-1/p-1. The zero-order valence-electron chi connectivity index (χ0n) is 8.24. The molecule has 2 aromatic rings. The quantitative estimate of drug-likeness (QED) is 0.553. The molecular weight excluding hydrogens is 305 g/mol. The number of rotatable bonds is 1. The minimum absolute atomic E-state index is 0. The van der Waals surface area contributed by atoms with Crippen molar-refractivity contribution in [2.45, 2.75) is 0 Å². The van der Waals surface area contributed by atoms with Crippen molar-refractivity contribution in [3.63, 3.8) is 0 Å². The Morgan fingerprint density at radius 3 is 2.79 bits per heavy atom. The molecule has 0 aliphatic carbocycles. The van der Waals surface area contributed by atoms with Crippen molar-refractivity contribution in [3.8, 4) is 0 Å². The molecular formula is C7H5AgKN3O2. The fraction of sp³-hybridized carbons (Fsp3) is 0. The van der Waals surface area contributed by atoms with Crippen LogP contribution in [-0.2, 0) is 22.4 Å². The topological polar surface area (TPSA) is 81.7 Å². The second-order valence-electron chi connectivity index (χ2n) is 2.28. The molecule has 14 heavy (non-hydrogen) atoms. The maximum Gasteiger partial charge on any atom is 1.00 e. The minimum atomic E-state index is -1.24. The third-order valence-corrected chi connectivity index (χ3v) is 1.57. The molecule has 0 atom stereocenters. The van der Waals surface area contributed by atoms with E-state index in [9.17, 15) is 9.90 Å². The van der Waals surface area contributed by atoms with E-state index < -0.39 is 5.97 Å². The van der Waals surface area contributed by atoms with Crippen LogP contribution in [0.5, 0.6) is 0 Å². The molecule has 2 rings (SSSR count). The number of H-pyrrole nitrogens is 1. The molecule has 0 bridgehead atoms. The molecule has 1 N–H and O–H groups in total. The van der Waals surface area contributed by atoms with Crippen molar-refractivity contribution in [1.29, 1.82) is 0 Å². The van der Waals surface area contributed by atoms with Crippen LogP contribution in [0.15, 0.2) is 18.2 Å². The van der Waals surface area contributed by atoms with E-state index in [1.54, 1.807) is 12.1 Å². The number of benzene rings is 1. The Bertz CT molecular complexity index is 450. The summed E-state index contributed by atoms with van der Waals surface area (Å²) in [6.07, 6.45) is 0. The van der Waals surface area contributed by atoms with Crippen LogP contribution in [0.3, 0.4) is 0 Å². The van der Waals surface area contributed by atoms with Gasteiger partial charge in [-0.25, -0.2) is 0 Å². The smallest absolute Gasteiger partial charge is 1.00 e. The molecule has 0 fully saturated rings. The summed E-state index contributed by atoms with van der Waals surface area (Å²) >= 11 is 0. The van der Waals surface area contributed by atoms with Gasteiger partial charge in [0.1, 0.15) is 11.0 Å². The normalized spacial score (nSPS) is 8.86. The Labute approximate surface area is 139 Å². The second-order valence-corrected chi connectivity index (χ2v) is 2.28. The molecule has 0 saturated heterocycles. The summed E-state index contributed by atoms with van der Waals surface area (Å²) in [5.74, 6) is -1.24. The van der Waals surface area contributed by atoms with Gasteiger partial charge in [-0.15, -0.1) is 0 Å². The first-order valence-corrected chi connectivity index (χ1v) is 3.30. The van der Waals surface area contributed by atoms with Crippen LogP contribution in [0.25, 0.3) is 11.0 Å². The summed E-state index contributed by atoms with van der Waals surface area (Å²) in [5.41, 5.74) is 0.912. The van der Waals surface area contributed by atoms with E-state index in [4.69, 9.17) is 0 Å². The number of aromatic amines is 1. The Kier molecular flexibility index (Phi) is 6.34. The van der Waals surface area contributed by atoms with Crippen molar-refractivity contribution in [3.05, 3.63) is 23.8 Å². The van der Waals surface area contributed by atoms with E-state index in [0.29, 0.717) is 11.0 Å². The number of hydrogen-bond acceptors (Lipinski definition) is 4. The fourth-order valence-corrected chi connectivity index (χ4v) is 1.03. The molecule has 0 saturated carbocycles. The van der Waals surface area contributed by atoms with E-state index in [0.717, 1.165) is 0 Å². The van der Waals surface area contributed by atoms with E-state index in [1.165, 1.54) is 6.07 Å². The van der Waals surface area contributed by atoms with Crippen LogP contribution < -0.4 is 56.5 Å². The Morgan fingerprint density at radius 2 is 2.14 bits per heavy atom. The van der Waals surface area contributed by atoms with Crippen LogP contribution in [0.2, 0.25) is 0 Å². The first-order valence-electron chi connectivity index (χ1n) is 3.30. The first-order chi connectivity index (χ1) is 5.79. The summed E-state index contributed by atoms with van der Waals surface area (Å²) < 4.78 is 0. The van der Waals surface area contributed by atoms with Gasteiger partial charge in [0.2, 0.25) is 0 Å². The average Bonchev–Trinajstić information content (AvgIpc) is 2.49. The third-order valence-electron chi connectivity index (χ3n) is 1.57. The maximum absolute atomic E-state index is 10.5.